The molecule has 1 aliphatic heterocycles. The van der Waals surface area contributed by atoms with Crippen LogP contribution in [-0.2, 0) is 22.9 Å². The Bertz CT molecular complexity index is 1260. The van der Waals surface area contributed by atoms with E-state index in [0.717, 1.165) is 29.7 Å². The first-order chi connectivity index (χ1) is 16.9. The number of hydrogen-bond donors (Lipinski definition) is 0. The summed E-state index contributed by atoms with van der Waals surface area (Å²) in [5, 5.41) is 3.92. The molecule has 1 amide bonds. The fourth-order valence-electron chi connectivity index (χ4n) is 4.72. The van der Waals surface area contributed by atoms with Gasteiger partial charge in [0.15, 0.2) is 0 Å². The predicted octanol–water partition coefficient (Wildman–Crippen LogP) is 5.86. The van der Waals surface area contributed by atoms with Crippen LogP contribution in [0.3, 0.4) is 0 Å². The minimum Gasteiger partial charge on any atom is -0.337 e. The zero-order valence-electron chi connectivity index (χ0n) is 18.7. The first kappa shape index (κ1) is 22.8. The molecule has 178 valence electrons. The summed E-state index contributed by atoms with van der Waals surface area (Å²) in [4.78, 5) is 20.0. The molecule has 0 spiro atoms. The first-order valence-electron chi connectivity index (χ1n) is 11.3. The van der Waals surface area contributed by atoms with Crippen LogP contribution in [0.2, 0.25) is 0 Å². The molecule has 8 heteroatoms. The summed E-state index contributed by atoms with van der Waals surface area (Å²) in [6, 6.07) is 24.0. The van der Waals surface area contributed by atoms with Crippen molar-refractivity contribution in [3.63, 3.8) is 0 Å². The summed E-state index contributed by atoms with van der Waals surface area (Å²) < 4.78 is 43.9. The molecule has 1 saturated heterocycles. The van der Waals surface area contributed by atoms with Crippen LogP contribution in [0.5, 0.6) is 0 Å². The second kappa shape index (κ2) is 9.02. The fourth-order valence-corrected chi connectivity index (χ4v) is 4.72. The molecule has 2 heterocycles. The van der Waals surface area contributed by atoms with Gasteiger partial charge in [0.05, 0.1) is 11.0 Å². The lowest BCUT2D eigenvalue weighted by Crippen LogP contribution is -2.51. The Morgan fingerprint density at radius 1 is 0.886 bits per heavy atom. The quantitative estimate of drug-likeness (QED) is 0.361. The Balaban J connectivity index is 1.42. The summed E-state index contributed by atoms with van der Waals surface area (Å²) in [5.41, 5.74) is 0.688. The minimum absolute atomic E-state index is 0.0459. The van der Waals surface area contributed by atoms with Gasteiger partial charge >= 0.3 is 6.18 Å². The van der Waals surface area contributed by atoms with Gasteiger partial charge in [0.2, 0.25) is 17.6 Å². The van der Waals surface area contributed by atoms with E-state index >= 15 is 0 Å². The Kier molecular flexibility index (Phi) is 5.88. The minimum atomic E-state index is -4.42. The van der Waals surface area contributed by atoms with Gasteiger partial charge in [0.25, 0.3) is 0 Å². The van der Waals surface area contributed by atoms with E-state index in [9.17, 15) is 18.0 Å². The monoisotopic (exact) mass is 477 g/mol. The average molecular weight is 477 g/mol. The van der Waals surface area contributed by atoms with Gasteiger partial charge in [-0.2, -0.15) is 18.2 Å². The van der Waals surface area contributed by atoms with E-state index in [1.165, 1.54) is 12.1 Å². The molecule has 1 aromatic heterocycles. The standard InChI is InChI=1S/C27H22F3N3O2/c28-27(29,30)22-14-12-19(13-15-22)24-31-23(35-32-24)18-33-17-7-16-26(25(33)34,20-8-3-1-4-9-20)21-10-5-2-6-11-21/h1-6,8-15H,7,16-18H2. The van der Waals surface area contributed by atoms with Crippen molar-refractivity contribution in [2.24, 2.45) is 0 Å². The summed E-state index contributed by atoms with van der Waals surface area (Å²) in [5.74, 6) is 0.358. The lowest BCUT2D eigenvalue weighted by Gasteiger charge is -2.42. The number of nitrogens with zero attached hydrogens (tertiary/aromatic N) is 3. The molecule has 0 aliphatic carbocycles. The number of rotatable bonds is 5. The maximum Gasteiger partial charge on any atom is 0.416 e. The Morgan fingerprint density at radius 2 is 1.49 bits per heavy atom. The van der Waals surface area contributed by atoms with E-state index in [1.807, 2.05) is 60.7 Å². The van der Waals surface area contributed by atoms with Crippen LogP contribution < -0.4 is 0 Å². The predicted molar refractivity (Wildman–Crippen MR) is 123 cm³/mol. The molecule has 35 heavy (non-hydrogen) atoms. The van der Waals surface area contributed by atoms with Crippen molar-refractivity contribution in [3.05, 3.63) is 108 Å². The fraction of sp³-hybridized carbons (Fsp3) is 0.222. The number of alkyl halides is 3. The number of benzene rings is 3. The topological polar surface area (TPSA) is 59.2 Å². The van der Waals surface area contributed by atoms with Crippen LogP contribution in [0.25, 0.3) is 11.4 Å². The van der Waals surface area contributed by atoms with Gasteiger partial charge in [-0.3, -0.25) is 4.79 Å². The Labute approximate surface area is 200 Å². The normalized spacial score (nSPS) is 15.9. The van der Waals surface area contributed by atoms with E-state index in [0.29, 0.717) is 18.5 Å². The third kappa shape index (κ3) is 4.32. The second-order valence-electron chi connectivity index (χ2n) is 8.55. The lowest BCUT2D eigenvalue weighted by molar-refractivity contribution is -0.140. The highest BCUT2D eigenvalue weighted by atomic mass is 19.4. The molecule has 0 radical (unpaired) electrons. The van der Waals surface area contributed by atoms with Crippen LogP contribution >= 0.6 is 0 Å². The molecule has 5 nitrogen and oxygen atoms in total. The Morgan fingerprint density at radius 3 is 2.06 bits per heavy atom. The van der Waals surface area contributed by atoms with Crippen LogP contribution in [0, 0.1) is 0 Å². The van der Waals surface area contributed by atoms with E-state index in [4.69, 9.17) is 4.52 Å². The van der Waals surface area contributed by atoms with Crippen molar-refractivity contribution >= 4 is 5.91 Å². The molecule has 0 N–H and O–H groups in total. The van der Waals surface area contributed by atoms with Crippen molar-refractivity contribution in [3.8, 4) is 11.4 Å². The maximum atomic E-state index is 14.0. The van der Waals surface area contributed by atoms with E-state index in [2.05, 4.69) is 10.1 Å². The third-order valence-corrected chi connectivity index (χ3v) is 6.43. The smallest absolute Gasteiger partial charge is 0.337 e. The van der Waals surface area contributed by atoms with Gasteiger partial charge in [-0.1, -0.05) is 78.0 Å². The van der Waals surface area contributed by atoms with Crippen LogP contribution in [0.15, 0.2) is 89.5 Å². The number of carbonyl (C=O) groups is 1. The molecule has 1 aliphatic rings. The van der Waals surface area contributed by atoms with Gasteiger partial charge in [0.1, 0.15) is 6.54 Å². The first-order valence-corrected chi connectivity index (χ1v) is 11.3. The van der Waals surface area contributed by atoms with Crippen LogP contribution in [-0.4, -0.2) is 27.5 Å². The number of hydrogen-bond acceptors (Lipinski definition) is 4. The zero-order chi connectivity index (χ0) is 24.5. The number of amides is 1. The molecule has 0 unspecified atom stereocenters. The van der Waals surface area contributed by atoms with Crippen LogP contribution in [0.1, 0.15) is 35.4 Å². The Hall–Kier alpha value is -3.94. The summed E-state index contributed by atoms with van der Waals surface area (Å²) in [6.07, 6.45) is -2.95. The number of likely N-dealkylation sites (tertiary alicyclic amines) is 1. The lowest BCUT2D eigenvalue weighted by atomic mass is 9.68. The van der Waals surface area contributed by atoms with Crippen molar-refractivity contribution < 1.29 is 22.5 Å². The highest BCUT2D eigenvalue weighted by Gasteiger charge is 2.46. The van der Waals surface area contributed by atoms with Crippen molar-refractivity contribution in [1.29, 1.82) is 0 Å². The van der Waals surface area contributed by atoms with Gasteiger partial charge in [0, 0.05) is 12.1 Å². The second-order valence-corrected chi connectivity index (χ2v) is 8.55. The number of piperidine rings is 1. The van der Waals surface area contributed by atoms with Crippen molar-refractivity contribution in [2.75, 3.05) is 6.54 Å². The molecule has 5 rings (SSSR count). The zero-order valence-corrected chi connectivity index (χ0v) is 18.7. The van der Waals surface area contributed by atoms with E-state index in [1.54, 1.807) is 4.90 Å². The molecule has 3 aromatic carbocycles. The molecule has 1 fully saturated rings. The molecule has 0 saturated carbocycles. The summed E-state index contributed by atoms with van der Waals surface area (Å²) >= 11 is 0. The van der Waals surface area contributed by atoms with Gasteiger partial charge in [-0.05, 0) is 36.1 Å². The largest absolute Gasteiger partial charge is 0.416 e. The summed E-state index contributed by atoms with van der Waals surface area (Å²) in [7, 11) is 0. The van der Waals surface area contributed by atoms with Crippen LogP contribution in [0.4, 0.5) is 13.2 Å². The number of aromatic nitrogens is 2. The number of carbonyl (C=O) groups excluding carboxylic acids is 1. The molecular weight excluding hydrogens is 455 g/mol. The van der Waals surface area contributed by atoms with Gasteiger partial charge < -0.3 is 9.42 Å². The van der Waals surface area contributed by atoms with E-state index < -0.39 is 17.2 Å². The molecule has 0 bridgehead atoms. The molecule has 4 aromatic rings. The van der Waals surface area contributed by atoms with Crippen molar-refractivity contribution in [2.45, 2.75) is 31.0 Å². The molecule has 0 atom stereocenters. The highest BCUT2D eigenvalue weighted by Crippen LogP contribution is 2.41. The highest BCUT2D eigenvalue weighted by molar-refractivity contribution is 5.92. The van der Waals surface area contributed by atoms with Crippen molar-refractivity contribution in [1.82, 2.24) is 15.0 Å². The summed E-state index contributed by atoms with van der Waals surface area (Å²) in [6.45, 7) is 0.659. The maximum absolute atomic E-state index is 14.0. The average Bonchev–Trinajstić information content (AvgIpc) is 3.35. The molecular formula is C27H22F3N3O2. The third-order valence-electron chi connectivity index (χ3n) is 6.43. The van der Waals surface area contributed by atoms with Gasteiger partial charge in [-0.25, -0.2) is 0 Å². The van der Waals surface area contributed by atoms with E-state index in [-0.39, 0.29) is 24.2 Å². The number of halogens is 3. The SMILES string of the molecule is O=C1N(Cc2nc(-c3ccc(C(F)(F)F)cc3)no2)CCCC1(c1ccccc1)c1ccccc1. The van der Waals surface area contributed by atoms with Gasteiger partial charge in [-0.15, -0.1) is 0 Å².